The van der Waals surface area contributed by atoms with Crippen LogP contribution >= 0.6 is 0 Å². The Morgan fingerprint density at radius 3 is 2.90 bits per heavy atom. The van der Waals surface area contributed by atoms with Gasteiger partial charge < -0.3 is 14.1 Å². The highest BCUT2D eigenvalue weighted by atomic mass is 16.5. The molecule has 0 spiro atoms. The third-order valence-electron chi connectivity index (χ3n) is 5.04. The molecule has 1 saturated carbocycles. The number of anilines is 1. The molecule has 1 aliphatic heterocycles. The monoisotopic (exact) mass is 272 g/mol. The Morgan fingerprint density at radius 2 is 2.10 bits per heavy atom. The topological polar surface area (TPSA) is 38.5 Å². The summed E-state index contributed by atoms with van der Waals surface area (Å²) in [4.78, 5) is 6.82. The van der Waals surface area contributed by atoms with Crippen LogP contribution in [0, 0.1) is 11.3 Å². The van der Waals surface area contributed by atoms with Crippen LogP contribution in [-0.4, -0.2) is 30.8 Å². The molecule has 20 heavy (non-hydrogen) atoms. The number of para-hydroxylation sites is 2. The van der Waals surface area contributed by atoms with E-state index in [1.54, 1.807) is 0 Å². The quantitative estimate of drug-likeness (QED) is 0.842. The van der Waals surface area contributed by atoms with Gasteiger partial charge in [-0.25, -0.2) is 0 Å². The first-order chi connectivity index (χ1) is 9.59. The highest BCUT2D eigenvalue weighted by Gasteiger charge is 2.61. The summed E-state index contributed by atoms with van der Waals surface area (Å²) in [7, 11) is 2.09. The number of ether oxygens (including phenoxy) is 1. The van der Waals surface area contributed by atoms with Crippen molar-refractivity contribution in [2.24, 2.45) is 11.3 Å². The minimum absolute atomic E-state index is 0.149. The number of rotatable bonds is 2. The molecule has 1 saturated heterocycles. The van der Waals surface area contributed by atoms with E-state index in [0.29, 0.717) is 18.1 Å². The SMILES string of the molecule is CN(c1nc2ccccc2o1)C1C2CCOC2C1(C)C. The zero-order valence-corrected chi connectivity index (χ0v) is 12.2. The first-order valence-corrected chi connectivity index (χ1v) is 7.29. The van der Waals surface area contributed by atoms with Crippen LogP contribution in [0.3, 0.4) is 0 Å². The molecule has 4 nitrogen and oxygen atoms in total. The van der Waals surface area contributed by atoms with Crippen molar-refractivity contribution in [1.82, 2.24) is 4.98 Å². The Bertz CT molecular complexity index is 616. The molecular formula is C16H20N2O2. The summed E-state index contributed by atoms with van der Waals surface area (Å²) >= 11 is 0. The Kier molecular flexibility index (Phi) is 2.43. The number of aromatic nitrogens is 1. The van der Waals surface area contributed by atoms with Gasteiger partial charge in [-0.2, -0.15) is 4.98 Å². The summed E-state index contributed by atoms with van der Waals surface area (Å²) in [6.45, 7) is 5.45. The fraction of sp³-hybridized carbons (Fsp3) is 0.562. The average Bonchev–Trinajstić information content (AvgIpc) is 3.02. The number of nitrogens with zero attached hydrogens (tertiary/aromatic N) is 2. The minimum Gasteiger partial charge on any atom is -0.423 e. The fourth-order valence-corrected chi connectivity index (χ4v) is 4.21. The van der Waals surface area contributed by atoms with Gasteiger partial charge in [0, 0.05) is 31.0 Å². The van der Waals surface area contributed by atoms with E-state index >= 15 is 0 Å². The predicted octanol–water partition coefficient (Wildman–Crippen LogP) is 3.08. The lowest BCUT2D eigenvalue weighted by Crippen LogP contribution is -2.66. The lowest BCUT2D eigenvalue weighted by molar-refractivity contribution is -0.101. The van der Waals surface area contributed by atoms with E-state index in [2.05, 4.69) is 30.8 Å². The van der Waals surface area contributed by atoms with Gasteiger partial charge in [-0.1, -0.05) is 26.0 Å². The van der Waals surface area contributed by atoms with Crippen LogP contribution in [0.2, 0.25) is 0 Å². The average molecular weight is 272 g/mol. The largest absolute Gasteiger partial charge is 0.423 e. The van der Waals surface area contributed by atoms with E-state index in [9.17, 15) is 0 Å². The molecule has 1 aliphatic carbocycles. The van der Waals surface area contributed by atoms with Crippen LogP contribution in [0.25, 0.3) is 11.1 Å². The Balaban J connectivity index is 1.68. The van der Waals surface area contributed by atoms with Crippen molar-refractivity contribution in [2.45, 2.75) is 32.4 Å². The first kappa shape index (κ1) is 12.2. The molecule has 4 heteroatoms. The third-order valence-corrected chi connectivity index (χ3v) is 5.04. The molecule has 0 bridgehead atoms. The van der Waals surface area contributed by atoms with Crippen LogP contribution in [0.15, 0.2) is 28.7 Å². The molecule has 106 valence electrons. The van der Waals surface area contributed by atoms with Crippen molar-refractivity contribution in [1.29, 1.82) is 0 Å². The molecule has 0 radical (unpaired) electrons. The molecule has 2 aliphatic rings. The normalized spacial score (nSPS) is 31.1. The molecule has 1 aromatic heterocycles. The van der Waals surface area contributed by atoms with E-state index < -0.39 is 0 Å². The van der Waals surface area contributed by atoms with Gasteiger partial charge in [-0.15, -0.1) is 0 Å². The van der Waals surface area contributed by atoms with Crippen LogP contribution in [-0.2, 0) is 4.74 Å². The molecule has 1 aromatic carbocycles. The summed E-state index contributed by atoms with van der Waals surface area (Å²) < 4.78 is 11.8. The predicted molar refractivity (Wildman–Crippen MR) is 77.8 cm³/mol. The molecule has 3 atom stereocenters. The second-order valence-corrected chi connectivity index (χ2v) is 6.59. The summed E-state index contributed by atoms with van der Waals surface area (Å²) in [5.74, 6) is 0.602. The van der Waals surface area contributed by atoms with E-state index in [-0.39, 0.29) is 5.41 Å². The summed E-state index contributed by atoms with van der Waals surface area (Å²) in [5, 5.41) is 0. The molecule has 4 rings (SSSR count). The van der Waals surface area contributed by atoms with E-state index in [0.717, 1.165) is 30.1 Å². The van der Waals surface area contributed by atoms with Crippen molar-refractivity contribution in [3.05, 3.63) is 24.3 Å². The zero-order valence-electron chi connectivity index (χ0n) is 12.2. The van der Waals surface area contributed by atoms with Crippen LogP contribution in [0.1, 0.15) is 20.3 Å². The summed E-state index contributed by atoms with van der Waals surface area (Å²) in [6.07, 6.45) is 1.53. The van der Waals surface area contributed by atoms with Crippen LogP contribution in [0.4, 0.5) is 6.01 Å². The van der Waals surface area contributed by atoms with Gasteiger partial charge in [0.2, 0.25) is 0 Å². The zero-order chi connectivity index (χ0) is 13.9. The Hall–Kier alpha value is -1.55. The maximum absolute atomic E-state index is 5.90. The van der Waals surface area contributed by atoms with Gasteiger partial charge in [0.25, 0.3) is 6.01 Å². The number of hydrogen-bond acceptors (Lipinski definition) is 4. The third kappa shape index (κ3) is 1.48. The first-order valence-electron chi connectivity index (χ1n) is 7.29. The number of hydrogen-bond donors (Lipinski definition) is 0. The Morgan fingerprint density at radius 1 is 1.30 bits per heavy atom. The van der Waals surface area contributed by atoms with Gasteiger partial charge >= 0.3 is 0 Å². The smallest absolute Gasteiger partial charge is 0.298 e. The Labute approximate surface area is 118 Å². The minimum atomic E-state index is 0.149. The van der Waals surface area contributed by atoms with Gasteiger partial charge in [0.05, 0.1) is 6.10 Å². The maximum Gasteiger partial charge on any atom is 0.298 e. The second kappa shape index (κ2) is 3.98. The fourth-order valence-electron chi connectivity index (χ4n) is 4.21. The van der Waals surface area contributed by atoms with Gasteiger partial charge in [-0.3, -0.25) is 0 Å². The molecule has 0 amide bonds. The van der Waals surface area contributed by atoms with E-state index in [1.165, 1.54) is 0 Å². The molecular weight excluding hydrogens is 252 g/mol. The molecule has 2 aromatic rings. The molecule has 3 unspecified atom stereocenters. The maximum atomic E-state index is 5.90. The van der Waals surface area contributed by atoms with Crippen molar-refractivity contribution in [2.75, 3.05) is 18.6 Å². The number of benzene rings is 1. The summed E-state index contributed by atoms with van der Waals surface area (Å²) in [6, 6.07) is 9.07. The molecule has 2 heterocycles. The highest BCUT2D eigenvalue weighted by Crippen LogP contribution is 2.54. The standard InChI is InChI=1S/C16H20N2O2/c1-16(2)13(10-8-9-19-14(10)16)18(3)15-17-11-6-4-5-7-12(11)20-15/h4-7,10,13-14H,8-9H2,1-3H3. The van der Waals surface area contributed by atoms with Gasteiger partial charge in [-0.05, 0) is 18.6 Å². The molecule has 0 N–H and O–H groups in total. The highest BCUT2D eigenvalue weighted by molar-refractivity contribution is 5.74. The number of oxazole rings is 1. The van der Waals surface area contributed by atoms with Crippen LogP contribution in [0.5, 0.6) is 0 Å². The van der Waals surface area contributed by atoms with E-state index in [1.807, 2.05) is 24.3 Å². The van der Waals surface area contributed by atoms with Gasteiger partial charge in [0.15, 0.2) is 5.58 Å². The van der Waals surface area contributed by atoms with Crippen LogP contribution < -0.4 is 4.90 Å². The van der Waals surface area contributed by atoms with Crippen molar-refractivity contribution in [3.8, 4) is 0 Å². The van der Waals surface area contributed by atoms with Crippen molar-refractivity contribution in [3.63, 3.8) is 0 Å². The van der Waals surface area contributed by atoms with Crippen molar-refractivity contribution < 1.29 is 9.15 Å². The van der Waals surface area contributed by atoms with Crippen molar-refractivity contribution >= 4 is 17.1 Å². The number of fused-ring (bicyclic) bond motifs is 2. The lowest BCUT2D eigenvalue weighted by atomic mass is 9.57. The lowest BCUT2D eigenvalue weighted by Gasteiger charge is -2.57. The second-order valence-electron chi connectivity index (χ2n) is 6.59. The van der Waals surface area contributed by atoms with Gasteiger partial charge in [0.1, 0.15) is 5.52 Å². The van der Waals surface area contributed by atoms with E-state index in [4.69, 9.17) is 9.15 Å². The molecule has 2 fully saturated rings. The summed E-state index contributed by atoms with van der Waals surface area (Å²) in [5.41, 5.74) is 1.92.